The maximum atomic E-state index is 5.78. The molecule has 0 aromatic carbocycles. The van der Waals surface area contributed by atoms with Gasteiger partial charge < -0.3 is 5.73 Å². The van der Waals surface area contributed by atoms with Gasteiger partial charge in [-0.1, -0.05) is 0 Å². The molecule has 0 aromatic heterocycles. The van der Waals surface area contributed by atoms with Crippen LogP contribution in [-0.4, -0.2) is 6.54 Å². The van der Waals surface area contributed by atoms with E-state index in [-0.39, 0.29) is 0 Å². The summed E-state index contributed by atoms with van der Waals surface area (Å²) in [5.41, 5.74) is 8.74. The lowest BCUT2D eigenvalue weighted by Gasteiger charge is -2.89. The molecule has 1 nitrogen and oxygen atoms in total. The molecule has 8 unspecified atom stereocenters. The Morgan fingerprint density at radius 3 is 2.87 bits per heavy atom. The van der Waals surface area contributed by atoms with E-state index in [1.54, 1.807) is 25.7 Å². The van der Waals surface area contributed by atoms with Crippen molar-refractivity contribution in [1.29, 1.82) is 0 Å². The van der Waals surface area contributed by atoms with Gasteiger partial charge in [0.1, 0.15) is 0 Å². The van der Waals surface area contributed by atoms with E-state index in [2.05, 4.69) is 0 Å². The van der Waals surface area contributed by atoms with Gasteiger partial charge in [0.15, 0.2) is 0 Å². The molecule has 0 radical (unpaired) electrons. The fourth-order valence-electron chi connectivity index (χ4n) is 8.67. The molecule has 6 saturated carbocycles. The van der Waals surface area contributed by atoms with Crippen molar-refractivity contribution in [3.8, 4) is 0 Å². The van der Waals surface area contributed by atoms with Gasteiger partial charge in [0.05, 0.1) is 0 Å². The van der Waals surface area contributed by atoms with Crippen molar-refractivity contribution >= 4 is 0 Å². The van der Waals surface area contributed by atoms with Crippen molar-refractivity contribution in [2.45, 2.75) is 32.1 Å². The van der Waals surface area contributed by atoms with Gasteiger partial charge in [-0.05, 0) is 84.5 Å². The molecule has 6 rings (SSSR count). The summed E-state index contributed by atoms with van der Waals surface area (Å²) in [6.07, 6.45) is 7.88. The van der Waals surface area contributed by atoms with Crippen LogP contribution in [0.5, 0.6) is 0 Å². The van der Waals surface area contributed by atoms with Crippen LogP contribution in [0, 0.1) is 45.8 Å². The predicted octanol–water partition coefficient (Wildman–Crippen LogP) is 2.02. The van der Waals surface area contributed by atoms with Crippen LogP contribution in [0.15, 0.2) is 0 Å². The van der Waals surface area contributed by atoms with Gasteiger partial charge in [-0.3, -0.25) is 0 Å². The van der Waals surface area contributed by atoms with Gasteiger partial charge in [-0.15, -0.1) is 0 Å². The van der Waals surface area contributed by atoms with Gasteiger partial charge in [0, 0.05) is 0 Å². The molecular formula is C14H19N. The summed E-state index contributed by atoms with van der Waals surface area (Å²) in [6.45, 7) is 0.942. The monoisotopic (exact) mass is 201 g/mol. The molecule has 1 heteroatoms. The van der Waals surface area contributed by atoms with E-state index in [9.17, 15) is 0 Å². The Bertz CT molecular complexity index is 414. The Labute approximate surface area is 90.8 Å². The number of nitrogens with two attached hydrogens (primary N) is 1. The molecule has 15 heavy (non-hydrogen) atoms. The molecule has 0 heterocycles. The SMILES string of the molecule is NCCC1CC2C3CC45CC34C23C1CC53. The third-order valence-corrected chi connectivity index (χ3v) is 8.46. The van der Waals surface area contributed by atoms with E-state index in [1.165, 1.54) is 24.2 Å². The topological polar surface area (TPSA) is 26.0 Å². The maximum absolute atomic E-state index is 5.78. The highest BCUT2D eigenvalue weighted by molar-refractivity contribution is 5.56. The third kappa shape index (κ3) is 0.346. The summed E-state index contributed by atoms with van der Waals surface area (Å²) >= 11 is 0. The summed E-state index contributed by atoms with van der Waals surface area (Å²) in [5, 5.41) is 0. The fraction of sp³-hybridized carbons (Fsp3) is 1.00. The Balaban J connectivity index is 1.50. The van der Waals surface area contributed by atoms with Gasteiger partial charge in [-0.25, -0.2) is 0 Å². The summed E-state index contributed by atoms with van der Waals surface area (Å²) in [4.78, 5) is 0. The van der Waals surface area contributed by atoms with E-state index >= 15 is 0 Å². The molecule has 6 aliphatic rings. The Kier molecular flexibility index (Phi) is 0.754. The minimum Gasteiger partial charge on any atom is -0.330 e. The molecule has 6 fully saturated rings. The number of fused-ring (bicyclic) bond motifs is 1. The van der Waals surface area contributed by atoms with Crippen LogP contribution in [0.25, 0.3) is 0 Å². The first-order valence-electron chi connectivity index (χ1n) is 7.03. The fourth-order valence-corrected chi connectivity index (χ4v) is 8.67. The normalized spacial score (nSPS) is 82.6. The van der Waals surface area contributed by atoms with Gasteiger partial charge in [0.2, 0.25) is 0 Å². The largest absolute Gasteiger partial charge is 0.330 e. The van der Waals surface area contributed by atoms with Crippen LogP contribution in [0.4, 0.5) is 0 Å². The average Bonchev–Trinajstić information content (AvgIpc) is 2.57. The lowest BCUT2D eigenvalue weighted by molar-refractivity contribution is -0.420. The van der Waals surface area contributed by atoms with Crippen molar-refractivity contribution in [1.82, 2.24) is 0 Å². The summed E-state index contributed by atoms with van der Waals surface area (Å²) in [6, 6.07) is 0. The van der Waals surface area contributed by atoms with Crippen LogP contribution in [-0.2, 0) is 0 Å². The smallest absolute Gasteiger partial charge is 0.00745 e. The second-order valence-electron chi connectivity index (χ2n) is 7.62. The van der Waals surface area contributed by atoms with Crippen molar-refractivity contribution in [3.63, 3.8) is 0 Å². The number of hydrogen-bond donors (Lipinski definition) is 1. The van der Waals surface area contributed by atoms with Crippen LogP contribution < -0.4 is 5.73 Å². The van der Waals surface area contributed by atoms with E-state index in [0.29, 0.717) is 0 Å². The highest BCUT2D eigenvalue weighted by atomic mass is 15.1. The van der Waals surface area contributed by atoms with Crippen LogP contribution in [0.1, 0.15) is 32.1 Å². The number of rotatable bonds is 2. The Hall–Kier alpha value is -0.0400. The molecule has 0 amide bonds. The zero-order valence-corrected chi connectivity index (χ0v) is 9.21. The van der Waals surface area contributed by atoms with Gasteiger partial charge in [0.25, 0.3) is 0 Å². The molecule has 2 spiro atoms. The first kappa shape index (κ1) is 7.32. The average molecular weight is 201 g/mol. The van der Waals surface area contributed by atoms with Crippen molar-refractivity contribution in [2.24, 2.45) is 51.6 Å². The minimum absolute atomic E-state index is 0.942. The quantitative estimate of drug-likeness (QED) is 0.726. The maximum Gasteiger partial charge on any atom is -0.00745 e. The second kappa shape index (κ2) is 1.54. The molecular weight excluding hydrogens is 182 g/mol. The lowest BCUT2D eigenvalue weighted by Crippen LogP contribution is -2.85. The predicted molar refractivity (Wildman–Crippen MR) is 56.9 cm³/mol. The lowest BCUT2D eigenvalue weighted by atomic mass is 9.15. The zero-order chi connectivity index (χ0) is 9.63. The third-order valence-electron chi connectivity index (χ3n) is 8.46. The van der Waals surface area contributed by atoms with Crippen molar-refractivity contribution in [3.05, 3.63) is 0 Å². The molecule has 6 aliphatic carbocycles. The molecule has 0 bridgehead atoms. The molecule has 8 atom stereocenters. The standard InChI is InChI=1S/C14H19N/c15-2-1-7-3-9-10-5-12-6-13(10,12)14(9)8(7)4-11(12)14/h7-11H,1-6,15H2. The molecule has 0 saturated heterocycles. The molecule has 0 aromatic rings. The van der Waals surface area contributed by atoms with Crippen molar-refractivity contribution < 1.29 is 0 Å². The first-order chi connectivity index (χ1) is 7.33. The summed E-state index contributed by atoms with van der Waals surface area (Å²) in [5.74, 6) is 5.85. The Morgan fingerprint density at radius 2 is 2.07 bits per heavy atom. The van der Waals surface area contributed by atoms with Crippen molar-refractivity contribution in [2.75, 3.05) is 6.54 Å². The van der Waals surface area contributed by atoms with Gasteiger partial charge in [-0.2, -0.15) is 0 Å². The number of hydrogen-bond acceptors (Lipinski definition) is 1. The van der Waals surface area contributed by atoms with E-state index in [4.69, 9.17) is 5.73 Å². The van der Waals surface area contributed by atoms with Crippen LogP contribution >= 0.6 is 0 Å². The molecule has 2 N–H and O–H groups in total. The van der Waals surface area contributed by atoms with Crippen LogP contribution in [0.2, 0.25) is 0 Å². The highest BCUT2D eigenvalue weighted by Gasteiger charge is 3.09. The molecule has 80 valence electrons. The van der Waals surface area contributed by atoms with E-state index in [1.807, 2.05) is 0 Å². The Morgan fingerprint density at radius 1 is 1.13 bits per heavy atom. The highest BCUT2D eigenvalue weighted by Crippen LogP contribution is 3.14. The van der Waals surface area contributed by atoms with Crippen LogP contribution in [0.3, 0.4) is 0 Å². The summed E-state index contributed by atoms with van der Waals surface area (Å²) < 4.78 is 0. The van der Waals surface area contributed by atoms with E-state index in [0.717, 1.165) is 34.6 Å². The summed E-state index contributed by atoms with van der Waals surface area (Å²) in [7, 11) is 0. The van der Waals surface area contributed by atoms with E-state index < -0.39 is 0 Å². The first-order valence-corrected chi connectivity index (χ1v) is 7.03. The second-order valence-corrected chi connectivity index (χ2v) is 7.62. The minimum atomic E-state index is 0.942. The zero-order valence-electron chi connectivity index (χ0n) is 9.21. The van der Waals surface area contributed by atoms with Gasteiger partial charge >= 0.3 is 0 Å². The molecule has 0 aliphatic heterocycles.